The van der Waals surface area contributed by atoms with E-state index in [2.05, 4.69) is 0 Å². The molecule has 0 aromatic heterocycles. The van der Waals surface area contributed by atoms with Crippen molar-refractivity contribution in [1.29, 1.82) is 0 Å². The van der Waals surface area contributed by atoms with Crippen LogP contribution in [0.3, 0.4) is 0 Å². The van der Waals surface area contributed by atoms with Gasteiger partial charge in [0.25, 0.3) is 0 Å². The van der Waals surface area contributed by atoms with Crippen LogP contribution in [-0.2, 0) is 16.8 Å². The van der Waals surface area contributed by atoms with Crippen LogP contribution in [0.15, 0.2) is 84.9 Å². The number of rotatable bonds is 0. The van der Waals surface area contributed by atoms with Gasteiger partial charge in [-0.05, 0) is 21.5 Å². The largest absolute Gasteiger partial charge is 2.00 e. The molecule has 4 aromatic rings. The first-order valence-electron chi connectivity index (χ1n) is 7.04. The van der Waals surface area contributed by atoms with Crippen molar-refractivity contribution in [1.82, 2.24) is 0 Å². The van der Waals surface area contributed by atoms with Crippen LogP contribution in [0.4, 0.5) is 0 Å². The van der Waals surface area contributed by atoms with E-state index in [0.717, 1.165) is 21.5 Å². The van der Waals surface area contributed by atoms with E-state index in [0.29, 0.717) is 0 Å². The van der Waals surface area contributed by atoms with Gasteiger partial charge in [0.2, 0.25) is 0 Å². The van der Waals surface area contributed by atoms with Gasteiger partial charge >= 0.3 is 16.8 Å². The fourth-order valence-corrected chi connectivity index (χ4v) is 2.33. The van der Waals surface area contributed by atoms with Crippen LogP contribution in [0.5, 0.6) is 11.5 Å². The third-order valence-electron chi connectivity index (χ3n) is 3.44. The fraction of sp³-hybridized carbons (Fsp3) is 0. The summed E-state index contributed by atoms with van der Waals surface area (Å²) in [4.78, 5) is 0. The van der Waals surface area contributed by atoms with E-state index in [9.17, 15) is 10.2 Å². The second-order valence-electron chi connectivity index (χ2n) is 5.02. The summed E-state index contributed by atoms with van der Waals surface area (Å²) in [7, 11) is 0. The summed E-state index contributed by atoms with van der Waals surface area (Å²) in [5.74, 6) is 0.146. The average molecular weight is 345 g/mol. The van der Waals surface area contributed by atoms with Crippen LogP contribution in [0.25, 0.3) is 21.5 Å². The molecule has 0 saturated heterocycles. The maximum atomic E-state index is 10.9. The van der Waals surface area contributed by atoms with Crippen molar-refractivity contribution < 1.29 is 27.0 Å². The van der Waals surface area contributed by atoms with Gasteiger partial charge in [-0.25, -0.2) is 0 Å². The first-order chi connectivity index (χ1) is 10.7. The van der Waals surface area contributed by atoms with Gasteiger partial charge in [0, 0.05) is 0 Å². The molecule has 0 aliphatic carbocycles. The maximum Gasteiger partial charge on any atom is 2.00 e. The zero-order valence-corrected chi connectivity index (χ0v) is 13.3. The summed E-state index contributed by atoms with van der Waals surface area (Å²) in [6.07, 6.45) is 0. The van der Waals surface area contributed by atoms with Crippen molar-refractivity contribution in [2.45, 2.75) is 0 Å². The van der Waals surface area contributed by atoms with E-state index in [-0.39, 0.29) is 28.3 Å². The zero-order chi connectivity index (χ0) is 15.4. The monoisotopic (exact) mass is 345 g/mol. The van der Waals surface area contributed by atoms with Gasteiger partial charge < -0.3 is 10.2 Å². The van der Waals surface area contributed by atoms with E-state index < -0.39 is 0 Å². The maximum absolute atomic E-state index is 10.9. The minimum absolute atomic E-state index is 0. The third-order valence-corrected chi connectivity index (χ3v) is 3.44. The fourth-order valence-electron chi connectivity index (χ4n) is 2.33. The van der Waals surface area contributed by atoms with Crippen molar-refractivity contribution in [2.24, 2.45) is 0 Å². The van der Waals surface area contributed by atoms with Crippen molar-refractivity contribution in [3.63, 3.8) is 0 Å². The molecule has 1 radical (unpaired) electrons. The van der Waals surface area contributed by atoms with Crippen LogP contribution in [0.2, 0.25) is 0 Å². The SMILES string of the molecule is [Co+2].[O-]c1ccc2ccccc2c1.[O-]c1ccc2ccccc2c1. The molecule has 3 heteroatoms. The molecule has 0 N–H and O–H groups in total. The average Bonchev–Trinajstić information content (AvgIpc) is 2.55. The normalized spacial score (nSPS) is 9.74. The second kappa shape index (κ2) is 7.67. The number of fused-ring (bicyclic) bond motifs is 2. The van der Waals surface area contributed by atoms with E-state index in [1.165, 1.54) is 0 Å². The number of benzene rings is 4. The van der Waals surface area contributed by atoms with Gasteiger partial charge in [0.1, 0.15) is 0 Å². The van der Waals surface area contributed by atoms with Gasteiger partial charge in [-0.2, -0.15) is 0 Å². The topological polar surface area (TPSA) is 46.1 Å². The molecule has 0 fully saturated rings. The molecule has 0 atom stereocenters. The standard InChI is InChI=1S/2C10H8O.Co/c2*11-10-6-5-8-3-1-2-4-9(8)7-10;/h2*1-7,11H;/q;;+2/p-2. The molecule has 4 rings (SSSR count). The quantitative estimate of drug-likeness (QED) is 0.486. The van der Waals surface area contributed by atoms with Crippen LogP contribution in [0, 0.1) is 0 Å². The van der Waals surface area contributed by atoms with E-state index in [4.69, 9.17) is 0 Å². The molecule has 2 nitrogen and oxygen atoms in total. The first-order valence-corrected chi connectivity index (χ1v) is 7.04. The minimum Gasteiger partial charge on any atom is -0.872 e. The molecule has 0 bridgehead atoms. The van der Waals surface area contributed by atoms with Crippen LogP contribution in [-0.4, -0.2) is 0 Å². The molecule has 23 heavy (non-hydrogen) atoms. The van der Waals surface area contributed by atoms with Gasteiger partial charge in [-0.15, -0.1) is 11.5 Å². The van der Waals surface area contributed by atoms with Crippen LogP contribution < -0.4 is 10.2 Å². The molecule has 115 valence electrons. The van der Waals surface area contributed by atoms with E-state index >= 15 is 0 Å². The molecule has 0 saturated carbocycles. The summed E-state index contributed by atoms with van der Waals surface area (Å²) in [6.45, 7) is 0. The molecular formula is C20H14CoO2. The van der Waals surface area contributed by atoms with Crippen molar-refractivity contribution >= 4 is 21.5 Å². The van der Waals surface area contributed by atoms with Crippen molar-refractivity contribution in [3.05, 3.63) is 84.9 Å². The molecule has 0 aliphatic heterocycles. The predicted molar refractivity (Wildman–Crippen MR) is 86.8 cm³/mol. The molecular weight excluding hydrogens is 331 g/mol. The molecule has 0 unspecified atom stereocenters. The Bertz CT molecular complexity index is 842. The molecule has 0 spiro atoms. The van der Waals surface area contributed by atoms with Gasteiger partial charge in [0.05, 0.1) is 0 Å². The molecule has 0 heterocycles. The Morgan fingerprint density at radius 1 is 0.435 bits per heavy atom. The Kier molecular flexibility index (Phi) is 5.63. The summed E-state index contributed by atoms with van der Waals surface area (Å²) >= 11 is 0. The van der Waals surface area contributed by atoms with Gasteiger partial charge in [-0.1, -0.05) is 84.9 Å². The second-order valence-corrected chi connectivity index (χ2v) is 5.02. The van der Waals surface area contributed by atoms with Gasteiger partial charge in [-0.3, -0.25) is 0 Å². The summed E-state index contributed by atoms with van der Waals surface area (Å²) in [6, 6.07) is 25.8. The minimum atomic E-state index is 0. The summed E-state index contributed by atoms with van der Waals surface area (Å²) in [5, 5.41) is 26.0. The summed E-state index contributed by atoms with van der Waals surface area (Å²) in [5.41, 5.74) is 0. The smallest absolute Gasteiger partial charge is 0.872 e. The Morgan fingerprint density at radius 2 is 0.783 bits per heavy atom. The van der Waals surface area contributed by atoms with Crippen molar-refractivity contribution in [2.75, 3.05) is 0 Å². The van der Waals surface area contributed by atoms with Crippen LogP contribution in [0.1, 0.15) is 0 Å². The summed E-state index contributed by atoms with van der Waals surface area (Å²) < 4.78 is 0. The van der Waals surface area contributed by atoms with Gasteiger partial charge in [0.15, 0.2) is 0 Å². The molecule has 4 aromatic carbocycles. The van der Waals surface area contributed by atoms with Crippen molar-refractivity contribution in [3.8, 4) is 11.5 Å². The van der Waals surface area contributed by atoms with E-state index in [1.54, 1.807) is 24.3 Å². The van der Waals surface area contributed by atoms with E-state index in [1.807, 2.05) is 60.7 Å². The zero-order valence-electron chi connectivity index (χ0n) is 12.2. The Hall–Kier alpha value is -2.49. The molecule has 0 amide bonds. The molecule has 0 aliphatic rings. The Morgan fingerprint density at radius 3 is 1.17 bits per heavy atom. The Labute approximate surface area is 145 Å². The third kappa shape index (κ3) is 4.25. The first kappa shape index (κ1) is 16.9. The number of hydrogen-bond donors (Lipinski definition) is 0. The number of hydrogen-bond acceptors (Lipinski definition) is 2. The van der Waals surface area contributed by atoms with Crippen LogP contribution >= 0.6 is 0 Å². The Balaban J connectivity index is 0.000000160. The predicted octanol–water partition coefficient (Wildman–Crippen LogP) is 3.82.